The van der Waals surface area contributed by atoms with Gasteiger partial charge in [0, 0.05) is 32.1 Å². The van der Waals surface area contributed by atoms with Crippen molar-refractivity contribution < 1.29 is 18.3 Å². The molecule has 0 radical (unpaired) electrons. The first-order valence-corrected chi connectivity index (χ1v) is 8.37. The topological polar surface area (TPSA) is 83.1 Å². The van der Waals surface area contributed by atoms with Crippen molar-refractivity contribution in [3.05, 3.63) is 41.2 Å². The van der Waals surface area contributed by atoms with E-state index in [1.54, 1.807) is 4.90 Å². The number of rotatable bonds is 4. The van der Waals surface area contributed by atoms with Crippen LogP contribution in [0.25, 0.3) is 0 Å². The Kier molecular flexibility index (Phi) is 5.40. The molecule has 2 N–H and O–H groups in total. The number of ether oxygens (including phenoxy) is 1. The van der Waals surface area contributed by atoms with E-state index in [0.29, 0.717) is 18.8 Å². The number of nitrogens with one attached hydrogen (secondary N) is 2. The van der Waals surface area contributed by atoms with Gasteiger partial charge in [0.15, 0.2) is 0 Å². The van der Waals surface area contributed by atoms with Gasteiger partial charge in [0.25, 0.3) is 5.17 Å². The number of aromatic nitrogens is 3. The van der Waals surface area contributed by atoms with Crippen LogP contribution in [-0.4, -0.2) is 46.6 Å². The van der Waals surface area contributed by atoms with Crippen molar-refractivity contribution in [3.63, 3.8) is 0 Å². The zero-order valence-electron chi connectivity index (χ0n) is 14.0. The highest BCUT2D eigenvalue weighted by Crippen LogP contribution is 2.30. The SMILES string of the molecule is COC(=S)NC(c1cc(F)c(N2CCC(=O)CC2)c(F)c1)c1c[nH]nn1. The van der Waals surface area contributed by atoms with Gasteiger partial charge >= 0.3 is 0 Å². The normalized spacial score (nSPS) is 15.7. The van der Waals surface area contributed by atoms with Crippen molar-refractivity contribution in [2.24, 2.45) is 0 Å². The molecule has 2 aromatic rings. The van der Waals surface area contributed by atoms with E-state index < -0.39 is 17.7 Å². The number of hydrogen-bond acceptors (Lipinski definition) is 6. The van der Waals surface area contributed by atoms with Gasteiger partial charge in [0.05, 0.1) is 7.11 Å². The van der Waals surface area contributed by atoms with Crippen LogP contribution in [0.1, 0.15) is 30.1 Å². The number of methoxy groups -OCH3 is 1. The summed E-state index contributed by atoms with van der Waals surface area (Å²) >= 11 is 4.99. The highest BCUT2D eigenvalue weighted by Gasteiger charge is 2.26. The lowest BCUT2D eigenvalue weighted by atomic mass is 10.0. The van der Waals surface area contributed by atoms with E-state index in [4.69, 9.17) is 17.0 Å². The number of Topliss-reactive ketones (excluding diaryl/α,β-unsaturated/α-hetero) is 1. The second-order valence-corrected chi connectivity index (χ2v) is 6.20. The molecule has 1 aliphatic rings. The van der Waals surface area contributed by atoms with Gasteiger partial charge in [-0.05, 0) is 29.9 Å². The Bertz CT molecular complexity index is 782. The van der Waals surface area contributed by atoms with Gasteiger partial charge in [-0.1, -0.05) is 5.21 Å². The monoisotopic (exact) mass is 381 g/mol. The maximum absolute atomic E-state index is 14.7. The third-order valence-corrected chi connectivity index (χ3v) is 4.47. The Morgan fingerprint density at radius 3 is 2.54 bits per heavy atom. The summed E-state index contributed by atoms with van der Waals surface area (Å²) in [6.07, 6.45) is 2.06. The molecule has 0 aliphatic carbocycles. The zero-order chi connectivity index (χ0) is 18.7. The molecule has 1 saturated heterocycles. The summed E-state index contributed by atoms with van der Waals surface area (Å²) in [5.74, 6) is -1.33. The predicted molar refractivity (Wildman–Crippen MR) is 93.8 cm³/mol. The second kappa shape index (κ2) is 7.73. The number of piperidine rings is 1. The fourth-order valence-corrected chi connectivity index (χ4v) is 3.01. The molecule has 0 bridgehead atoms. The van der Waals surface area contributed by atoms with Crippen molar-refractivity contribution in [3.8, 4) is 0 Å². The Balaban J connectivity index is 1.94. The van der Waals surface area contributed by atoms with Crippen LogP contribution < -0.4 is 10.2 Å². The molecule has 1 fully saturated rings. The summed E-state index contributed by atoms with van der Waals surface area (Å²) in [4.78, 5) is 12.9. The Morgan fingerprint density at radius 2 is 2.00 bits per heavy atom. The van der Waals surface area contributed by atoms with Gasteiger partial charge in [0.2, 0.25) is 0 Å². The molecule has 10 heteroatoms. The molecule has 26 heavy (non-hydrogen) atoms. The molecule has 1 aromatic heterocycles. The molecular weight excluding hydrogens is 364 g/mol. The van der Waals surface area contributed by atoms with Crippen LogP contribution in [0.3, 0.4) is 0 Å². The lowest BCUT2D eigenvalue weighted by Crippen LogP contribution is -2.35. The molecule has 1 aromatic carbocycles. The fraction of sp³-hybridized carbons (Fsp3) is 0.375. The minimum absolute atomic E-state index is 0.0532. The predicted octanol–water partition coefficient (Wildman–Crippen LogP) is 1.86. The van der Waals surface area contributed by atoms with E-state index in [1.807, 2.05) is 0 Å². The average Bonchev–Trinajstić information content (AvgIpc) is 3.14. The molecule has 1 aliphatic heterocycles. The first kappa shape index (κ1) is 18.2. The summed E-state index contributed by atoms with van der Waals surface area (Å²) < 4.78 is 34.3. The number of benzene rings is 1. The maximum Gasteiger partial charge on any atom is 0.257 e. The second-order valence-electron chi connectivity index (χ2n) is 5.83. The summed E-state index contributed by atoms with van der Waals surface area (Å²) in [6, 6.07) is 1.71. The van der Waals surface area contributed by atoms with Gasteiger partial charge < -0.3 is 15.0 Å². The molecular formula is C16H17F2N5O2S. The number of H-pyrrole nitrogens is 1. The Morgan fingerprint density at radius 1 is 1.35 bits per heavy atom. The van der Waals surface area contributed by atoms with Gasteiger partial charge in [-0.2, -0.15) is 0 Å². The van der Waals surface area contributed by atoms with Gasteiger partial charge in [0.1, 0.15) is 34.8 Å². The third-order valence-electron chi connectivity index (χ3n) is 4.19. The van der Waals surface area contributed by atoms with E-state index >= 15 is 0 Å². The number of anilines is 1. The van der Waals surface area contributed by atoms with Gasteiger partial charge in [-0.15, -0.1) is 5.10 Å². The first-order chi connectivity index (χ1) is 12.5. The highest BCUT2D eigenvalue weighted by atomic mass is 32.1. The van der Waals surface area contributed by atoms with Crippen LogP contribution in [-0.2, 0) is 9.53 Å². The van der Waals surface area contributed by atoms with Crippen LogP contribution in [0.15, 0.2) is 18.3 Å². The first-order valence-electron chi connectivity index (χ1n) is 7.96. The van der Waals surface area contributed by atoms with E-state index in [0.717, 1.165) is 0 Å². The lowest BCUT2D eigenvalue weighted by molar-refractivity contribution is -0.119. The smallest absolute Gasteiger partial charge is 0.257 e. The maximum atomic E-state index is 14.7. The Labute approximate surface area is 153 Å². The number of thiocarbonyl (C=S) groups is 1. The fourth-order valence-electron chi connectivity index (χ4n) is 2.89. The molecule has 0 saturated carbocycles. The quantitative estimate of drug-likeness (QED) is 0.782. The van der Waals surface area contributed by atoms with Crippen LogP contribution in [0, 0.1) is 11.6 Å². The Hall–Kier alpha value is -2.62. The molecule has 138 valence electrons. The van der Waals surface area contributed by atoms with E-state index in [9.17, 15) is 13.6 Å². The largest absolute Gasteiger partial charge is 0.474 e. The third kappa shape index (κ3) is 3.79. The van der Waals surface area contributed by atoms with Crippen LogP contribution in [0.4, 0.5) is 14.5 Å². The highest BCUT2D eigenvalue weighted by molar-refractivity contribution is 7.80. The van der Waals surface area contributed by atoms with Crippen molar-refractivity contribution in [1.82, 2.24) is 20.7 Å². The molecule has 2 heterocycles. The van der Waals surface area contributed by atoms with Crippen LogP contribution in [0.5, 0.6) is 0 Å². The minimum atomic E-state index is -0.734. The van der Waals surface area contributed by atoms with E-state index in [-0.39, 0.29) is 35.1 Å². The average molecular weight is 381 g/mol. The van der Waals surface area contributed by atoms with E-state index in [2.05, 4.69) is 20.7 Å². The number of nitrogens with zero attached hydrogens (tertiary/aromatic N) is 3. The standard InChI is InChI=1S/C16H17F2N5O2S/c1-25-16(26)20-14(13-8-19-22-21-13)9-6-11(17)15(12(18)7-9)23-4-2-10(24)3-5-23/h6-8,14H,2-5H2,1H3,(H,20,26)(H,19,21,22). The summed E-state index contributed by atoms with van der Waals surface area (Å²) in [6.45, 7) is 0.593. The van der Waals surface area contributed by atoms with Gasteiger partial charge in [-0.25, -0.2) is 8.78 Å². The molecule has 0 spiro atoms. The zero-order valence-corrected chi connectivity index (χ0v) is 14.8. The number of aromatic amines is 1. The molecule has 3 rings (SSSR count). The van der Waals surface area contributed by atoms with Crippen LogP contribution >= 0.6 is 12.2 Å². The van der Waals surface area contributed by atoms with Crippen molar-refractivity contribution in [1.29, 1.82) is 0 Å². The number of carbonyl (C=O) groups excluding carboxylic acids is 1. The molecule has 1 atom stereocenters. The van der Waals surface area contributed by atoms with E-state index in [1.165, 1.54) is 25.4 Å². The molecule has 1 unspecified atom stereocenters. The summed E-state index contributed by atoms with van der Waals surface area (Å²) in [7, 11) is 1.39. The number of carbonyl (C=O) groups is 1. The number of hydrogen-bond donors (Lipinski definition) is 2. The summed E-state index contributed by atoms with van der Waals surface area (Å²) in [5.41, 5.74) is 0.555. The minimum Gasteiger partial charge on any atom is -0.474 e. The summed E-state index contributed by atoms with van der Waals surface area (Å²) in [5, 5.41) is 12.9. The lowest BCUT2D eigenvalue weighted by Gasteiger charge is -2.29. The van der Waals surface area contributed by atoms with Crippen molar-refractivity contribution >= 4 is 28.9 Å². The van der Waals surface area contributed by atoms with Crippen molar-refractivity contribution in [2.75, 3.05) is 25.1 Å². The van der Waals surface area contributed by atoms with Crippen LogP contribution in [0.2, 0.25) is 0 Å². The molecule has 0 amide bonds. The van der Waals surface area contributed by atoms with Crippen molar-refractivity contribution in [2.45, 2.75) is 18.9 Å². The number of ketones is 1. The molecule has 7 nitrogen and oxygen atoms in total. The number of halogens is 2. The van der Waals surface area contributed by atoms with Gasteiger partial charge in [-0.3, -0.25) is 9.89 Å².